The van der Waals surface area contributed by atoms with Crippen LogP contribution in [0.2, 0.25) is 0 Å². The SMILES string of the molecule is CC1(C)c2ccccc2-c2ccc(-c3nc(-n4c5cccc6c7cccc8c9ccc%10ccccc%10c9n(c9cccc4c9c65)c78)nc4c3ccc3ccccc34)cc21. The first-order valence-corrected chi connectivity index (χ1v) is 20.5. The van der Waals surface area contributed by atoms with Crippen molar-refractivity contribution in [2.45, 2.75) is 19.3 Å². The quantitative estimate of drug-likeness (QED) is 0.165. The molecule has 274 valence electrons. The Balaban J connectivity index is 1.14. The normalized spacial score (nSPS) is 13.7. The van der Waals surface area contributed by atoms with Crippen LogP contribution in [0.1, 0.15) is 25.0 Å². The van der Waals surface area contributed by atoms with Crippen LogP contribution in [-0.4, -0.2) is 18.9 Å². The molecule has 1 aliphatic rings. The Morgan fingerprint density at radius 3 is 1.88 bits per heavy atom. The Labute approximate surface area is 338 Å². The summed E-state index contributed by atoms with van der Waals surface area (Å²) in [5.74, 6) is 0.669. The molecular weight excluding hydrogens is 717 g/mol. The van der Waals surface area contributed by atoms with E-state index in [4.69, 9.17) is 9.97 Å². The molecule has 9 aromatic carbocycles. The van der Waals surface area contributed by atoms with Gasteiger partial charge in [0, 0.05) is 54.1 Å². The number of para-hydroxylation sites is 1. The van der Waals surface area contributed by atoms with Gasteiger partial charge in [0.25, 0.3) is 0 Å². The van der Waals surface area contributed by atoms with E-state index in [1.54, 1.807) is 0 Å². The summed E-state index contributed by atoms with van der Waals surface area (Å²) < 4.78 is 4.86. The van der Waals surface area contributed by atoms with E-state index in [1.807, 2.05) is 0 Å². The summed E-state index contributed by atoms with van der Waals surface area (Å²) in [5, 5.41) is 13.2. The van der Waals surface area contributed by atoms with Gasteiger partial charge in [-0.1, -0.05) is 153 Å². The molecule has 0 amide bonds. The van der Waals surface area contributed by atoms with Crippen LogP contribution in [0, 0.1) is 0 Å². The number of hydrogen-bond donors (Lipinski definition) is 0. The summed E-state index contributed by atoms with van der Waals surface area (Å²) in [6, 6.07) is 62.5. The maximum Gasteiger partial charge on any atom is 0.235 e. The molecular formula is C55H34N4. The van der Waals surface area contributed by atoms with Crippen molar-refractivity contribution in [3.63, 3.8) is 0 Å². The van der Waals surface area contributed by atoms with Gasteiger partial charge in [-0.15, -0.1) is 0 Å². The van der Waals surface area contributed by atoms with Gasteiger partial charge in [0.1, 0.15) is 0 Å². The van der Waals surface area contributed by atoms with E-state index in [0.29, 0.717) is 5.95 Å². The van der Waals surface area contributed by atoms with Crippen molar-refractivity contribution in [3.05, 3.63) is 181 Å². The lowest BCUT2D eigenvalue weighted by Crippen LogP contribution is -2.15. The number of rotatable bonds is 2. The second kappa shape index (κ2) is 10.9. The Kier molecular flexibility index (Phi) is 5.81. The summed E-state index contributed by atoms with van der Waals surface area (Å²) in [5.41, 5.74) is 14.0. The van der Waals surface area contributed by atoms with E-state index in [1.165, 1.54) is 81.9 Å². The van der Waals surface area contributed by atoms with E-state index in [2.05, 4.69) is 193 Å². The lowest BCUT2D eigenvalue weighted by Gasteiger charge is -2.22. The molecule has 0 saturated heterocycles. The van der Waals surface area contributed by atoms with Crippen LogP contribution >= 0.6 is 0 Å². The number of aromatic nitrogens is 4. The Bertz CT molecular complexity index is 3990. The van der Waals surface area contributed by atoms with E-state index in [9.17, 15) is 0 Å². The molecule has 0 unspecified atom stereocenters. The maximum atomic E-state index is 5.66. The fourth-order valence-electron chi connectivity index (χ4n) is 11.0. The molecule has 0 fully saturated rings. The van der Waals surface area contributed by atoms with Gasteiger partial charge in [0.05, 0.1) is 38.8 Å². The van der Waals surface area contributed by atoms with Crippen LogP contribution in [0.4, 0.5) is 0 Å². The highest BCUT2D eigenvalue weighted by Gasteiger charge is 2.35. The van der Waals surface area contributed by atoms with Crippen molar-refractivity contribution in [2.75, 3.05) is 0 Å². The third-order valence-electron chi connectivity index (χ3n) is 13.6. The van der Waals surface area contributed by atoms with Crippen LogP contribution in [0.3, 0.4) is 0 Å². The minimum absolute atomic E-state index is 0.136. The topological polar surface area (TPSA) is 35.1 Å². The first kappa shape index (κ1) is 31.5. The highest BCUT2D eigenvalue weighted by molar-refractivity contribution is 6.32. The molecule has 0 radical (unpaired) electrons. The van der Waals surface area contributed by atoms with Crippen LogP contribution < -0.4 is 0 Å². The fraction of sp³-hybridized carbons (Fsp3) is 0.0545. The van der Waals surface area contributed by atoms with Crippen LogP contribution in [0.5, 0.6) is 0 Å². The van der Waals surface area contributed by atoms with Crippen LogP contribution in [0.25, 0.3) is 121 Å². The smallest absolute Gasteiger partial charge is 0.235 e. The molecule has 4 nitrogen and oxygen atoms in total. The van der Waals surface area contributed by atoms with Crippen molar-refractivity contribution < 1.29 is 0 Å². The number of nitrogens with zero attached hydrogens (tertiary/aromatic N) is 4. The molecule has 0 aliphatic heterocycles. The number of fused-ring (bicyclic) bond motifs is 13. The van der Waals surface area contributed by atoms with Gasteiger partial charge in [-0.25, -0.2) is 9.97 Å². The zero-order chi connectivity index (χ0) is 38.7. The highest BCUT2D eigenvalue weighted by Crippen LogP contribution is 2.50. The average Bonchev–Trinajstić information content (AvgIpc) is 3.86. The minimum atomic E-state index is -0.136. The first-order chi connectivity index (χ1) is 29.0. The zero-order valence-electron chi connectivity index (χ0n) is 32.5. The molecule has 0 spiro atoms. The van der Waals surface area contributed by atoms with Gasteiger partial charge < -0.3 is 4.40 Å². The minimum Gasteiger partial charge on any atom is -0.307 e. The second-order valence-electron chi connectivity index (χ2n) is 16.9. The zero-order valence-corrected chi connectivity index (χ0v) is 32.5. The average molecular weight is 751 g/mol. The second-order valence-corrected chi connectivity index (χ2v) is 16.9. The molecule has 4 aromatic heterocycles. The molecule has 4 heterocycles. The van der Waals surface area contributed by atoms with Gasteiger partial charge in [0.15, 0.2) is 0 Å². The van der Waals surface area contributed by atoms with Gasteiger partial charge in [-0.3, -0.25) is 4.57 Å². The molecule has 0 N–H and O–H groups in total. The van der Waals surface area contributed by atoms with E-state index < -0.39 is 0 Å². The van der Waals surface area contributed by atoms with Crippen molar-refractivity contribution in [1.29, 1.82) is 0 Å². The first-order valence-electron chi connectivity index (χ1n) is 20.5. The van der Waals surface area contributed by atoms with Gasteiger partial charge in [-0.2, -0.15) is 0 Å². The lowest BCUT2D eigenvalue weighted by molar-refractivity contribution is 0.660. The van der Waals surface area contributed by atoms with Gasteiger partial charge in [0.2, 0.25) is 5.95 Å². The maximum absolute atomic E-state index is 5.66. The molecule has 14 rings (SSSR count). The molecule has 4 heteroatoms. The lowest BCUT2D eigenvalue weighted by atomic mass is 9.82. The fourth-order valence-corrected chi connectivity index (χ4v) is 11.0. The van der Waals surface area contributed by atoms with Crippen LogP contribution in [0.15, 0.2) is 170 Å². The molecule has 13 aromatic rings. The summed E-state index contributed by atoms with van der Waals surface area (Å²) in [6.07, 6.45) is 0. The molecule has 0 bridgehead atoms. The molecule has 59 heavy (non-hydrogen) atoms. The number of benzene rings is 9. The van der Waals surface area contributed by atoms with Crippen molar-refractivity contribution in [3.8, 4) is 28.3 Å². The summed E-state index contributed by atoms with van der Waals surface area (Å²) in [6.45, 7) is 4.69. The van der Waals surface area contributed by atoms with Crippen LogP contribution in [-0.2, 0) is 5.41 Å². The Morgan fingerprint density at radius 1 is 0.424 bits per heavy atom. The standard InChI is InChI=1S/C55H34N4/c1-55(2)43-20-8-7-16-36(43)37-27-26-33(30-44(37)55)50-42-29-25-31-12-3-5-14-34(31)51(42)57-54(56-50)58-45-21-10-17-38-39-18-9-19-40-41-28-24-32-13-4-6-15-35(32)52(41)59(53(39)40)47-23-11-22-46(58)49(47)48(38)45/h3-30H,1-2H3. The van der Waals surface area contributed by atoms with Gasteiger partial charge >= 0.3 is 0 Å². The monoisotopic (exact) mass is 750 g/mol. The predicted molar refractivity (Wildman–Crippen MR) is 247 cm³/mol. The molecule has 0 atom stereocenters. The largest absolute Gasteiger partial charge is 0.307 e. The summed E-state index contributed by atoms with van der Waals surface area (Å²) >= 11 is 0. The van der Waals surface area contributed by atoms with E-state index in [0.717, 1.165) is 44.0 Å². The highest BCUT2D eigenvalue weighted by atomic mass is 15.2. The third-order valence-corrected chi connectivity index (χ3v) is 13.6. The summed E-state index contributed by atoms with van der Waals surface area (Å²) in [7, 11) is 0. The Hall–Kier alpha value is -7.56. The van der Waals surface area contributed by atoms with Crippen molar-refractivity contribution in [1.82, 2.24) is 18.9 Å². The van der Waals surface area contributed by atoms with E-state index >= 15 is 0 Å². The predicted octanol–water partition coefficient (Wildman–Crippen LogP) is 14.2. The van der Waals surface area contributed by atoms with Gasteiger partial charge in [-0.05, 0) is 68.7 Å². The third kappa shape index (κ3) is 3.89. The molecule has 0 saturated carbocycles. The number of hydrogen-bond acceptors (Lipinski definition) is 2. The van der Waals surface area contributed by atoms with Crippen molar-refractivity contribution in [2.24, 2.45) is 0 Å². The van der Waals surface area contributed by atoms with E-state index in [-0.39, 0.29) is 5.41 Å². The molecule has 1 aliphatic carbocycles. The Morgan fingerprint density at radius 2 is 1.02 bits per heavy atom. The summed E-state index contributed by atoms with van der Waals surface area (Å²) in [4.78, 5) is 11.2. The van der Waals surface area contributed by atoms with Crippen molar-refractivity contribution >= 4 is 92.3 Å².